The van der Waals surface area contributed by atoms with Gasteiger partial charge in [0, 0.05) is 5.69 Å². The van der Waals surface area contributed by atoms with Gasteiger partial charge < -0.3 is 15.3 Å². The molecular formula is C18H18FN3OS. The normalized spacial score (nSPS) is 11.7. The van der Waals surface area contributed by atoms with E-state index in [2.05, 4.69) is 36.1 Å². The lowest BCUT2D eigenvalue weighted by Crippen LogP contribution is -2.14. The number of nitrogens with one attached hydrogen (secondary N) is 3. The van der Waals surface area contributed by atoms with E-state index in [1.54, 1.807) is 0 Å². The third-order valence-electron chi connectivity index (χ3n) is 3.84. The molecule has 0 fully saturated rings. The molecule has 0 spiro atoms. The SMILES string of the molecule is CC(C)(C)c1ccc(NC(=O)c2cc(F)cc3[nH]c(=S)[nH]c23)cc1. The number of aromatic nitrogens is 2. The van der Waals surface area contributed by atoms with Gasteiger partial charge in [-0.15, -0.1) is 0 Å². The molecule has 0 aliphatic rings. The van der Waals surface area contributed by atoms with Crippen molar-refractivity contribution >= 4 is 34.8 Å². The van der Waals surface area contributed by atoms with Crippen LogP contribution < -0.4 is 5.32 Å². The number of halogens is 1. The highest BCUT2D eigenvalue weighted by atomic mass is 32.1. The first-order valence-corrected chi connectivity index (χ1v) is 7.98. The van der Waals surface area contributed by atoms with Crippen LogP contribution in [0.3, 0.4) is 0 Å². The van der Waals surface area contributed by atoms with Crippen molar-refractivity contribution in [3.05, 3.63) is 58.1 Å². The van der Waals surface area contributed by atoms with Gasteiger partial charge in [-0.25, -0.2) is 4.39 Å². The van der Waals surface area contributed by atoms with Crippen LogP contribution in [0.1, 0.15) is 36.7 Å². The Morgan fingerprint density at radius 3 is 2.42 bits per heavy atom. The minimum Gasteiger partial charge on any atom is -0.331 e. The van der Waals surface area contributed by atoms with Crippen LogP contribution in [-0.4, -0.2) is 15.9 Å². The first-order valence-electron chi connectivity index (χ1n) is 7.57. The molecule has 1 amide bonds. The summed E-state index contributed by atoms with van der Waals surface area (Å²) in [6.45, 7) is 6.37. The smallest absolute Gasteiger partial charge is 0.257 e. The number of H-pyrrole nitrogens is 2. The van der Waals surface area contributed by atoms with Crippen LogP contribution in [0.15, 0.2) is 36.4 Å². The van der Waals surface area contributed by atoms with Crippen LogP contribution in [0, 0.1) is 10.6 Å². The van der Waals surface area contributed by atoms with Crippen molar-refractivity contribution in [2.75, 3.05) is 5.32 Å². The molecule has 0 atom stereocenters. The maximum absolute atomic E-state index is 13.7. The van der Waals surface area contributed by atoms with E-state index < -0.39 is 11.7 Å². The van der Waals surface area contributed by atoms with E-state index in [1.807, 2.05) is 24.3 Å². The largest absolute Gasteiger partial charge is 0.331 e. The van der Waals surface area contributed by atoms with Crippen molar-refractivity contribution in [2.45, 2.75) is 26.2 Å². The number of imidazole rings is 1. The summed E-state index contributed by atoms with van der Waals surface area (Å²) in [6.07, 6.45) is 0. The number of aromatic amines is 2. The molecule has 0 saturated heterocycles. The molecule has 6 heteroatoms. The third-order valence-corrected chi connectivity index (χ3v) is 4.05. The number of hydrogen-bond acceptors (Lipinski definition) is 2. The summed E-state index contributed by atoms with van der Waals surface area (Å²) >= 11 is 5.02. The molecule has 0 unspecified atom stereocenters. The van der Waals surface area contributed by atoms with Crippen molar-refractivity contribution in [3.8, 4) is 0 Å². The molecule has 0 radical (unpaired) electrons. The number of benzene rings is 2. The summed E-state index contributed by atoms with van der Waals surface area (Å²) in [5, 5.41) is 2.79. The average Bonchev–Trinajstić information content (AvgIpc) is 2.85. The van der Waals surface area contributed by atoms with Crippen LogP contribution in [0.5, 0.6) is 0 Å². The van der Waals surface area contributed by atoms with E-state index in [1.165, 1.54) is 17.7 Å². The zero-order chi connectivity index (χ0) is 17.5. The summed E-state index contributed by atoms with van der Waals surface area (Å²) in [6, 6.07) is 10.1. The maximum atomic E-state index is 13.7. The molecular weight excluding hydrogens is 325 g/mol. The summed E-state index contributed by atoms with van der Waals surface area (Å²) in [7, 11) is 0. The Kier molecular flexibility index (Phi) is 4.01. The van der Waals surface area contributed by atoms with Gasteiger partial charge in [0.2, 0.25) is 0 Å². The molecule has 2 aromatic carbocycles. The fraction of sp³-hybridized carbons (Fsp3) is 0.222. The number of amides is 1. The van der Waals surface area contributed by atoms with Gasteiger partial charge in [-0.3, -0.25) is 4.79 Å². The summed E-state index contributed by atoms with van der Waals surface area (Å²) < 4.78 is 14.1. The summed E-state index contributed by atoms with van der Waals surface area (Å²) in [4.78, 5) is 18.2. The molecule has 0 bridgehead atoms. The van der Waals surface area contributed by atoms with Gasteiger partial charge in [-0.2, -0.15) is 0 Å². The molecule has 0 aliphatic carbocycles. The second kappa shape index (κ2) is 5.87. The highest BCUT2D eigenvalue weighted by Crippen LogP contribution is 2.24. The van der Waals surface area contributed by atoms with Gasteiger partial charge in [-0.05, 0) is 47.5 Å². The predicted molar refractivity (Wildman–Crippen MR) is 96.5 cm³/mol. The lowest BCUT2D eigenvalue weighted by atomic mass is 9.87. The molecule has 24 heavy (non-hydrogen) atoms. The molecule has 3 rings (SSSR count). The number of fused-ring (bicyclic) bond motifs is 1. The van der Waals surface area contributed by atoms with Crippen LogP contribution in [0.2, 0.25) is 0 Å². The van der Waals surface area contributed by atoms with Gasteiger partial charge in [-0.1, -0.05) is 32.9 Å². The Hall–Kier alpha value is -2.47. The predicted octanol–water partition coefficient (Wildman–Crippen LogP) is 4.91. The highest BCUT2D eigenvalue weighted by Gasteiger charge is 2.16. The van der Waals surface area contributed by atoms with Gasteiger partial charge in [0.25, 0.3) is 5.91 Å². The van der Waals surface area contributed by atoms with E-state index in [9.17, 15) is 9.18 Å². The lowest BCUT2D eigenvalue weighted by molar-refractivity contribution is 0.102. The Morgan fingerprint density at radius 1 is 1.12 bits per heavy atom. The molecule has 4 nitrogen and oxygen atoms in total. The Bertz CT molecular complexity index is 965. The van der Waals surface area contributed by atoms with Crippen molar-refractivity contribution < 1.29 is 9.18 Å². The molecule has 124 valence electrons. The quantitative estimate of drug-likeness (QED) is 0.579. The Morgan fingerprint density at radius 2 is 1.79 bits per heavy atom. The van der Waals surface area contributed by atoms with Crippen LogP contribution in [0.25, 0.3) is 11.0 Å². The first-order chi connectivity index (χ1) is 11.2. The van der Waals surface area contributed by atoms with E-state index in [-0.39, 0.29) is 11.0 Å². The van der Waals surface area contributed by atoms with E-state index in [4.69, 9.17) is 12.2 Å². The highest BCUT2D eigenvalue weighted by molar-refractivity contribution is 7.71. The molecule has 0 aliphatic heterocycles. The van der Waals surface area contributed by atoms with Gasteiger partial charge in [0.1, 0.15) is 5.82 Å². The number of anilines is 1. The lowest BCUT2D eigenvalue weighted by Gasteiger charge is -2.19. The van der Waals surface area contributed by atoms with Crippen molar-refractivity contribution in [3.63, 3.8) is 0 Å². The van der Waals surface area contributed by atoms with E-state index >= 15 is 0 Å². The number of rotatable bonds is 2. The second-order valence-electron chi connectivity index (χ2n) is 6.74. The summed E-state index contributed by atoms with van der Waals surface area (Å²) in [5.74, 6) is -0.894. The minimum absolute atomic E-state index is 0.0389. The molecule has 3 aromatic rings. The minimum atomic E-state index is -0.499. The molecule has 1 heterocycles. The van der Waals surface area contributed by atoms with Crippen LogP contribution >= 0.6 is 12.2 Å². The van der Waals surface area contributed by atoms with Crippen molar-refractivity contribution in [1.29, 1.82) is 0 Å². The van der Waals surface area contributed by atoms with Crippen LogP contribution in [0.4, 0.5) is 10.1 Å². The number of carbonyl (C=O) groups is 1. The second-order valence-corrected chi connectivity index (χ2v) is 7.14. The third kappa shape index (κ3) is 3.23. The zero-order valence-corrected chi connectivity index (χ0v) is 14.5. The van der Waals surface area contributed by atoms with Gasteiger partial charge in [0.05, 0.1) is 16.6 Å². The van der Waals surface area contributed by atoms with Crippen molar-refractivity contribution in [1.82, 2.24) is 9.97 Å². The van der Waals surface area contributed by atoms with Crippen molar-refractivity contribution in [2.24, 2.45) is 0 Å². The fourth-order valence-corrected chi connectivity index (χ4v) is 2.75. The van der Waals surface area contributed by atoms with E-state index in [0.717, 1.165) is 0 Å². The summed E-state index contributed by atoms with van der Waals surface area (Å²) in [5.41, 5.74) is 3.02. The Balaban J connectivity index is 1.92. The monoisotopic (exact) mass is 343 g/mol. The van der Waals surface area contributed by atoms with E-state index in [0.29, 0.717) is 21.5 Å². The molecule has 1 aromatic heterocycles. The topological polar surface area (TPSA) is 60.7 Å². The molecule has 3 N–H and O–H groups in total. The van der Waals surface area contributed by atoms with Gasteiger partial charge in [0.15, 0.2) is 4.77 Å². The molecule has 0 saturated carbocycles. The fourth-order valence-electron chi connectivity index (χ4n) is 2.54. The number of hydrogen-bond donors (Lipinski definition) is 3. The van der Waals surface area contributed by atoms with Crippen LogP contribution in [-0.2, 0) is 5.41 Å². The Labute approximate surface area is 144 Å². The number of carbonyl (C=O) groups excluding carboxylic acids is 1. The first kappa shape index (κ1) is 16.4. The average molecular weight is 343 g/mol. The van der Waals surface area contributed by atoms with Gasteiger partial charge >= 0.3 is 0 Å². The maximum Gasteiger partial charge on any atom is 0.257 e. The zero-order valence-electron chi connectivity index (χ0n) is 13.7. The standard InChI is InChI=1S/C18H18FN3OS/c1-18(2,3)10-4-6-12(7-5-10)20-16(23)13-8-11(19)9-14-15(13)22-17(24)21-14/h4-9H,1-3H3,(H,20,23)(H2,21,22,24).